The van der Waals surface area contributed by atoms with Gasteiger partial charge in [-0.15, -0.1) is 0 Å². The van der Waals surface area contributed by atoms with Crippen LogP contribution in [0.4, 0.5) is 5.69 Å². The molecule has 0 spiro atoms. The van der Waals surface area contributed by atoms with Gasteiger partial charge in [-0.1, -0.05) is 108 Å². The average molecular weight is 677 g/mol. The molecular formula is C35H38BrN3O4S. The molecule has 0 aliphatic rings. The summed E-state index contributed by atoms with van der Waals surface area (Å²) in [5.41, 5.74) is 3.14. The molecule has 4 rings (SSSR count). The molecule has 0 radical (unpaired) electrons. The first-order valence-corrected chi connectivity index (χ1v) is 16.9. The van der Waals surface area contributed by atoms with Gasteiger partial charge in [-0.2, -0.15) is 0 Å². The number of aryl methyl sites for hydroxylation is 1. The Balaban J connectivity index is 1.77. The lowest BCUT2D eigenvalue weighted by molar-refractivity contribution is -0.140. The minimum Gasteiger partial charge on any atom is -0.354 e. The van der Waals surface area contributed by atoms with E-state index in [2.05, 4.69) is 21.2 Å². The number of amides is 2. The van der Waals surface area contributed by atoms with E-state index in [9.17, 15) is 18.0 Å². The summed E-state index contributed by atoms with van der Waals surface area (Å²) < 4.78 is 29.9. The maximum Gasteiger partial charge on any atom is 0.264 e. The molecule has 4 aromatic carbocycles. The maximum atomic E-state index is 14.4. The maximum absolute atomic E-state index is 14.4. The lowest BCUT2D eigenvalue weighted by atomic mass is 10.0. The number of carbonyl (C=O) groups is 2. The third-order valence-electron chi connectivity index (χ3n) is 7.30. The topological polar surface area (TPSA) is 86.8 Å². The van der Waals surface area contributed by atoms with Crippen LogP contribution in [-0.2, 0) is 32.6 Å². The Labute approximate surface area is 269 Å². The number of unbranched alkanes of at least 4 members (excludes halogenated alkanes) is 1. The molecule has 0 heterocycles. The quantitative estimate of drug-likeness (QED) is 0.154. The molecule has 9 heteroatoms. The molecule has 1 N–H and O–H groups in total. The normalized spacial score (nSPS) is 11.9. The number of benzene rings is 4. The van der Waals surface area contributed by atoms with Crippen LogP contribution in [0, 0.1) is 6.92 Å². The lowest BCUT2D eigenvalue weighted by Crippen LogP contribution is -2.53. The fourth-order valence-electron chi connectivity index (χ4n) is 4.81. The largest absolute Gasteiger partial charge is 0.354 e. The van der Waals surface area contributed by atoms with E-state index in [0.717, 1.165) is 38.3 Å². The fraction of sp³-hybridized carbons (Fsp3) is 0.257. The van der Waals surface area contributed by atoms with Crippen molar-refractivity contribution in [3.8, 4) is 0 Å². The standard InChI is InChI=1S/C35H38BrN3O4S/c1-3-4-23-37-35(41)33(24-28-11-7-5-8-12-28)38(25-29-17-15-27(2)16-18-29)34(40)26-39(31-21-19-30(36)20-22-31)44(42,43)32-13-9-6-10-14-32/h5-22,33H,3-4,23-26H2,1-2H3,(H,37,41). The molecule has 230 valence electrons. The van der Waals surface area contributed by atoms with Gasteiger partial charge in [0.2, 0.25) is 11.8 Å². The van der Waals surface area contributed by atoms with Gasteiger partial charge in [0.1, 0.15) is 12.6 Å². The smallest absolute Gasteiger partial charge is 0.264 e. The van der Waals surface area contributed by atoms with Crippen LogP contribution in [-0.4, -0.2) is 44.3 Å². The van der Waals surface area contributed by atoms with Gasteiger partial charge in [-0.3, -0.25) is 13.9 Å². The number of sulfonamides is 1. The monoisotopic (exact) mass is 675 g/mol. The Morgan fingerprint density at radius 1 is 0.818 bits per heavy atom. The number of nitrogens with zero attached hydrogens (tertiary/aromatic N) is 2. The van der Waals surface area contributed by atoms with Crippen LogP contribution in [0.2, 0.25) is 0 Å². The Hall–Kier alpha value is -3.95. The van der Waals surface area contributed by atoms with E-state index in [-0.39, 0.29) is 23.8 Å². The highest BCUT2D eigenvalue weighted by molar-refractivity contribution is 9.10. The summed E-state index contributed by atoms with van der Waals surface area (Å²) in [6.07, 6.45) is 2.00. The van der Waals surface area contributed by atoms with Crippen LogP contribution in [0.5, 0.6) is 0 Å². The predicted molar refractivity (Wildman–Crippen MR) is 179 cm³/mol. The van der Waals surface area contributed by atoms with Crippen molar-refractivity contribution in [1.29, 1.82) is 0 Å². The number of nitrogens with one attached hydrogen (secondary N) is 1. The molecule has 0 fully saturated rings. The second-order valence-corrected chi connectivity index (χ2v) is 13.4. The molecule has 0 aliphatic carbocycles. The van der Waals surface area contributed by atoms with Gasteiger partial charge in [-0.05, 0) is 60.9 Å². The summed E-state index contributed by atoms with van der Waals surface area (Å²) in [4.78, 5) is 29.8. The summed E-state index contributed by atoms with van der Waals surface area (Å²) in [5.74, 6) is -0.761. The van der Waals surface area contributed by atoms with Crippen molar-refractivity contribution in [2.45, 2.75) is 50.6 Å². The highest BCUT2D eigenvalue weighted by atomic mass is 79.9. The summed E-state index contributed by atoms with van der Waals surface area (Å²) in [6.45, 7) is 4.16. The van der Waals surface area contributed by atoms with Crippen molar-refractivity contribution in [2.24, 2.45) is 0 Å². The Kier molecular flexibility index (Phi) is 11.7. The number of hydrogen-bond acceptors (Lipinski definition) is 4. The number of halogens is 1. The Morgan fingerprint density at radius 3 is 2.05 bits per heavy atom. The first kappa shape index (κ1) is 33.0. The van der Waals surface area contributed by atoms with Gasteiger partial charge in [0, 0.05) is 24.0 Å². The van der Waals surface area contributed by atoms with Crippen molar-refractivity contribution < 1.29 is 18.0 Å². The molecule has 1 unspecified atom stereocenters. The second kappa shape index (κ2) is 15.7. The summed E-state index contributed by atoms with van der Waals surface area (Å²) >= 11 is 3.41. The van der Waals surface area contributed by atoms with Crippen molar-refractivity contribution in [3.05, 3.63) is 130 Å². The highest BCUT2D eigenvalue weighted by Crippen LogP contribution is 2.26. The van der Waals surface area contributed by atoms with E-state index >= 15 is 0 Å². The minimum atomic E-state index is -4.13. The van der Waals surface area contributed by atoms with Crippen LogP contribution in [0.1, 0.15) is 36.5 Å². The summed E-state index contributed by atoms with van der Waals surface area (Å²) in [5, 5.41) is 3.01. The van der Waals surface area contributed by atoms with Gasteiger partial charge in [0.25, 0.3) is 10.0 Å². The van der Waals surface area contributed by atoms with Gasteiger partial charge in [-0.25, -0.2) is 8.42 Å². The molecule has 0 bridgehead atoms. The SMILES string of the molecule is CCCCNC(=O)C(Cc1ccccc1)N(Cc1ccc(C)cc1)C(=O)CN(c1ccc(Br)cc1)S(=O)(=O)c1ccccc1. The number of hydrogen-bond donors (Lipinski definition) is 1. The van der Waals surface area contributed by atoms with Crippen LogP contribution >= 0.6 is 15.9 Å². The molecule has 44 heavy (non-hydrogen) atoms. The van der Waals surface area contributed by atoms with Crippen LogP contribution in [0.3, 0.4) is 0 Å². The van der Waals surface area contributed by atoms with Gasteiger partial charge in [0.05, 0.1) is 10.6 Å². The van der Waals surface area contributed by atoms with Crippen LogP contribution in [0.15, 0.2) is 119 Å². The second-order valence-electron chi connectivity index (χ2n) is 10.7. The molecule has 2 amide bonds. The zero-order chi connectivity index (χ0) is 31.5. The molecule has 0 aliphatic heterocycles. The van der Waals surface area contributed by atoms with Gasteiger partial charge >= 0.3 is 0 Å². The van der Waals surface area contributed by atoms with E-state index in [1.165, 1.54) is 17.0 Å². The van der Waals surface area contributed by atoms with Crippen molar-refractivity contribution in [2.75, 3.05) is 17.4 Å². The Bertz CT molecular complexity index is 1610. The van der Waals surface area contributed by atoms with Crippen LogP contribution in [0.25, 0.3) is 0 Å². The molecule has 0 saturated carbocycles. The molecule has 4 aromatic rings. The molecular weight excluding hydrogens is 638 g/mol. The predicted octanol–water partition coefficient (Wildman–Crippen LogP) is 6.51. The third-order valence-corrected chi connectivity index (χ3v) is 9.62. The molecule has 1 atom stereocenters. The molecule has 7 nitrogen and oxygen atoms in total. The summed E-state index contributed by atoms with van der Waals surface area (Å²) in [6, 6.07) is 31.3. The van der Waals surface area contributed by atoms with Crippen LogP contribution < -0.4 is 9.62 Å². The summed E-state index contributed by atoms with van der Waals surface area (Å²) in [7, 11) is -4.13. The highest BCUT2D eigenvalue weighted by Gasteiger charge is 2.34. The zero-order valence-electron chi connectivity index (χ0n) is 25.0. The number of anilines is 1. The van der Waals surface area contributed by atoms with E-state index in [0.29, 0.717) is 12.2 Å². The lowest BCUT2D eigenvalue weighted by Gasteiger charge is -2.34. The minimum absolute atomic E-state index is 0.0685. The number of carbonyl (C=O) groups excluding carboxylic acids is 2. The van der Waals surface area contributed by atoms with E-state index in [1.807, 2.05) is 68.4 Å². The first-order valence-electron chi connectivity index (χ1n) is 14.7. The zero-order valence-corrected chi connectivity index (χ0v) is 27.4. The van der Waals surface area contributed by atoms with Gasteiger partial charge in [0.15, 0.2) is 0 Å². The van der Waals surface area contributed by atoms with Crippen molar-refractivity contribution >= 4 is 43.5 Å². The van der Waals surface area contributed by atoms with E-state index in [1.54, 1.807) is 42.5 Å². The molecule has 0 aromatic heterocycles. The fourth-order valence-corrected chi connectivity index (χ4v) is 6.51. The number of rotatable bonds is 14. The third kappa shape index (κ3) is 8.80. The van der Waals surface area contributed by atoms with Crippen molar-refractivity contribution in [3.63, 3.8) is 0 Å². The van der Waals surface area contributed by atoms with Crippen molar-refractivity contribution in [1.82, 2.24) is 10.2 Å². The van der Waals surface area contributed by atoms with Gasteiger partial charge < -0.3 is 10.2 Å². The van der Waals surface area contributed by atoms with E-state index in [4.69, 9.17) is 0 Å². The Morgan fingerprint density at radius 2 is 1.43 bits per heavy atom. The average Bonchev–Trinajstić information content (AvgIpc) is 3.03. The van der Waals surface area contributed by atoms with E-state index < -0.39 is 28.5 Å². The molecule has 0 saturated heterocycles. The first-order chi connectivity index (χ1) is 21.2.